The minimum Gasteiger partial charge on any atom is -0.457 e. The van der Waals surface area contributed by atoms with E-state index in [0.29, 0.717) is 28.0 Å². The van der Waals surface area contributed by atoms with Crippen molar-refractivity contribution in [2.24, 2.45) is 5.92 Å². The van der Waals surface area contributed by atoms with E-state index in [1.807, 2.05) is 41.6 Å². The Morgan fingerprint density at radius 2 is 1.92 bits per heavy atom. The first-order chi connectivity index (χ1) is 12.5. The SMILES string of the molecule is CC1C=CN(CC(=O)c2ccc(Oc3ccc(Br)cc3)cc2Cl)C=CC1. The minimum atomic E-state index is -0.0333. The molecule has 1 heterocycles. The summed E-state index contributed by atoms with van der Waals surface area (Å²) in [4.78, 5) is 14.5. The maximum absolute atomic E-state index is 12.6. The van der Waals surface area contributed by atoms with Crippen LogP contribution in [0.1, 0.15) is 23.7 Å². The molecule has 0 fully saturated rings. The van der Waals surface area contributed by atoms with E-state index in [2.05, 4.69) is 35.0 Å². The Kier molecular flexibility index (Phi) is 6.17. The van der Waals surface area contributed by atoms with Gasteiger partial charge >= 0.3 is 0 Å². The van der Waals surface area contributed by atoms with Crippen molar-refractivity contribution in [2.45, 2.75) is 13.3 Å². The van der Waals surface area contributed by atoms with Crippen molar-refractivity contribution in [3.63, 3.8) is 0 Å². The van der Waals surface area contributed by atoms with Gasteiger partial charge in [0, 0.05) is 22.3 Å². The van der Waals surface area contributed by atoms with Gasteiger partial charge in [-0.3, -0.25) is 4.79 Å². The second-order valence-corrected chi connectivity index (χ2v) is 7.56. The molecule has 0 radical (unpaired) electrons. The molecule has 0 bridgehead atoms. The van der Waals surface area contributed by atoms with Crippen LogP contribution in [0.2, 0.25) is 5.02 Å². The van der Waals surface area contributed by atoms with Crippen LogP contribution in [-0.4, -0.2) is 17.2 Å². The smallest absolute Gasteiger partial charge is 0.183 e. The molecule has 2 aromatic carbocycles. The van der Waals surface area contributed by atoms with E-state index >= 15 is 0 Å². The number of carbonyl (C=O) groups is 1. The van der Waals surface area contributed by atoms with Crippen molar-refractivity contribution in [3.8, 4) is 11.5 Å². The van der Waals surface area contributed by atoms with E-state index in [1.54, 1.807) is 18.2 Å². The Balaban J connectivity index is 1.69. The third-order valence-corrected chi connectivity index (χ3v) is 4.87. The third-order valence-electron chi connectivity index (χ3n) is 4.03. The Morgan fingerprint density at radius 3 is 2.65 bits per heavy atom. The Morgan fingerprint density at radius 1 is 1.19 bits per heavy atom. The van der Waals surface area contributed by atoms with Gasteiger partial charge in [0.05, 0.1) is 11.6 Å². The van der Waals surface area contributed by atoms with Crippen LogP contribution in [0.5, 0.6) is 11.5 Å². The molecule has 0 aliphatic carbocycles. The molecule has 2 aromatic rings. The summed E-state index contributed by atoms with van der Waals surface area (Å²) < 4.78 is 6.76. The topological polar surface area (TPSA) is 29.5 Å². The Hall–Kier alpha value is -2.04. The molecule has 5 heteroatoms. The molecule has 1 aliphatic rings. The van der Waals surface area contributed by atoms with Crippen LogP contribution in [0.15, 0.2) is 71.5 Å². The predicted octanol–water partition coefficient (Wildman–Crippen LogP) is 6.45. The summed E-state index contributed by atoms with van der Waals surface area (Å²) in [5.41, 5.74) is 0.494. The first-order valence-corrected chi connectivity index (χ1v) is 9.55. The van der Waals surface area contributed by atoms with Gasteiger partial charge in [-0.25, -0.2) is 0 Å². The van der Waals surface area contributed by atoms with Crippen LogP contribution in [0.4, 0.5) is 0 Å². The van der Waals surface area contributed by atoms with Crippen molar-refractivity contribution in [3.05, 3.63) is 82.1 Å². The minimum absolute atomic E-state index is 0.0333. The molecule has 1 atom stereocenters. The van der Waals surface area contributed by atoms with Crippen LogP contribution >= 0.6 is 27.5 Å². The lowest BCUT2D eigenvalue weighted by Crippen LogP contribution is -2.20. The normalized spacial score (nSPS) is 16.4. The number of hydrogen-bond acceptors (Lipinski definition) is 3. The molecule has 134 valence electrons. The van der Waals surface area contributed by atoms with E-state index < -0.39 is 0 Å². The van der Waals surface area contributed by atoms with Gasteiger partial charge in [-0.05, 0) is 54.9 Å². The lowest BCUT2D eigenvalue weighted by atomic mass is 10.1. The van der Waals surface area contributed by atoms with Gasteiger partial charge in [0.25, 0.3) is 0 Å². The number of allylic oxidation sites excluding steroid dienone is 2. The number of ether oxygens (including phenoxy) is 1. The molecule has 0 saturated carbocycles. The number of hydrogen-bond donors (Lipinski definition) is 0. The molecule has 0 aromatic heterocycles. The first-order valence-electron chi connectivity index (χ1n) is 8.38. The summed E-state index contributed by atoms with van der Waals surface area (Å²) in [5.74, 6) is 1.74. The number of nitrogens with zero attached hydrogens (tertiary/aromatic N) is 1. The molecule has 3 nitrogen and oxygen atoms in total. The van der Waals surface area contributed by atoms with E-state index in [4.69, 9.17) is 16.3 Å². The lowest BCUT2D eigenvalue weighted by Gasteiger charge is -2.15. The highest BCUT2D eigenvalue weighted by Gasteiger charge is 2.14. The molecule has 26 heavy (non-hydrogen) atoms. The Bertz CT molecular complexity index is 846. The van der Waals surface area contributed by atoms with Gasteiger partial charge in [0.1, 0.15) is 11.5 Å². The summed E-state index contributed by atoms with van der Waals surface area (Å²) in [5, 5.41) is 0.390. The fourth-order valence-electron chi connectivity index (χ4n) is 2.58. The zero-order valence-electron chi connectivity index (χ0n) is 14.4. The summed E-state index contributed by atoms with van der Waals surface area (Å²) in [6.45, 7) is 2.40. The van der Waals surface area contributed by atoms with Gasteiger partial charge in [-0.15, -0.1) is 0 Å². The van der Waals surface area contributed by atoms with E-state index in [-0.39, 0.29) is 12.3 Å². The second-order valence-electron chi connectivity index (χ2n) is 6.23. The molecule has 1 aliphatic heterocycles. The standard InChI is InChI=1S/C21H19BrClNO2/c1-15-3-2-11-24(12-10-15)14-21(25)19-9-8-18(13-20(19)23)26-17-6-4-16(22)5-7-17/h2,4-13,15H,3,14H2,1H3. The van der Waals surface area contributed by atoms with Crippen LogP contribution < -0.4 is 4.74 Å². The quantitative estimate of drug-likeness (QED) is 0.509. The zero-order valence-corrected chi connectivity index (χ0v) is 16.7. The van der Waals surface area contributed by atoms with Crippen LogP contribution in [0.3, 0.4) is 0 Å². The van der Waals surface area contributed by atoms with Gasteiger partial charge in [0.2, 0.25) is 0 Å². The molecule has 1 unspecified atom stereocenters. The first kappa shape index (κ1) is 18.7. The van der Waals surface area contributed by atoms with Crippen molar-refractivity contribution in [2.75, 3.05) is 6.54 Å². The molecular weight excluding hydrogens is 414 g/mol. The van der Waals surface area contributed by atoms with E-state index in [1.165, 1.54) is 0 Å². The lowest BCUT2D eigenvalue weighted by molar-refractivity contribution is 0.0970. The van der Waals surface area contributed by atoms with Gasteiger partial charge in [-0.2, -0.15) is 0 Å². The fourth-order valence-corrected chi connectivity index (χ4v) is 3.12. The average molecular weight is 433 g/mol. The molecule has 3 rings (SSSR count). The Labute approximate surface area is 167 Å². The van der Waals surface area contributed by atoms with Crippen molar-refractivity contribution < 1.29 is 9.53 Å². The molecular formula is C21H19BrClNO2. The van der Waals surface area contributed by atoms with Crippen LogP contribution in [0, 0.1) is 5.92 Å². The third kappa shape index (κ3) is 4.99. The van der Waals surface area contributed by atoms with Crippen molar-refractivity contribution in [1.29, 1.82) is 0 Å². The van der Waals surface area contributed by atoms with Crippen molar-refractivity contribution >= 4 is 33.3 Å². The predicted molar refractivity (Wildman–Crippen MR) is 109 cm³/mol. The maximum atomic E-state index is 12.6. The molecule has 0 N–H and O–H groups in total. The number of halogens is 2. The van der Waals surface area contributed by atoms with Crippen LogP contribution in [0.25, 0.3) is 0 Å². The molecule has 0 saturated heterocycles. The number of carbonyl (C=O) groups excluding carboxylic acids is 1. The highest BCUT2D eigenvalue weighted by molar-refractivity contribution is 9.10. The highest BCUT2D eigenvalue weighted by atomic mass is 79.9. The number of rotatable bonds is 5. The summed E-state index contributed by atoms with van der Waals surface area (Å²) in [6, 6.07) is 12.7. The van der Waals surface area contributed by atoms with E-state index in [0.717, 1.165) is 10.9 Å². The monoisotopic (exact) mass is 431 g/mol. The summed E-state index contributed by atoms with van der Waals surface area (Å²) in [6.07, 6.45) is 9.05. The van der Waals surface area contributed by atoms with Gasteiger partial charge in [0.15, 0.2) is 5.78 Å². The molecule has 0 amide bonds. The van der Waals surface area contributed by atoms with E-state index in [9.17, 15) is 4.79 Å². The zero-order chi connectivity index (χ0) is 18.5. The highest BCUT2D eigenvalue weighted by Crippen LogP contribution is 2.28. The average Bonchev–Trinajstić information content (AvgIpc) is 2.81. The van der Waals surface area contributed by atoms with Crippen molar-refractivity contribution in [1.82, 2.24) is 4.90 Å². The molecule has 0 spiro atoms. The van der Waals surface area contributed by atoms with Crippen LogP contribution in [-0.2, 0) is 0 Å². The van der Waals surface area contributed by atoms with Gasteiger partial charge in [-0.1, -0.05) is 46.6 Å². The maximum Gasteiger partial charge on any atom is 0.183 e. The summed E-state index contributed by atoms with van der Waals surface area (Å²) in [7, 11) is 0. The number of benzene rings is 2. The van der Waals surface area contributed by atoms with Gasteiger partial charge < -0.3 is 9.64 Å². The summed E-state index contributed by atoms with van der Waals surface area (Å²) >= 11 is 9.71. The number of ketones is 1. The second kappa shape index (κ2) is 8.56. The number of Topliss-reactive ketones (excluding diaryl/α,β-unsaturated/α-hetero) is 1. The largest absolute Gasteiger partial charge is 0.457 e. The fraction of sp³-hybridized carbons (Fsp3) is 0.190.